The molecule has 17 heteroatoms. The van der Waals surface area contributed by atoms with E-state index in [0.29, 0.717) is 63.4 Å². The number of carbonyl (C=O) groups is 5. The molecule has 0 aromatic heterocycles. The topological polar surface area (TPSA) is 200 Å². The van der Waals surface area contributed by atoms with Crippen LogP contribution in [0.1, 0.15) is 146 Å². The van der Waals surface area contributed by atoms with Crippen LogP contribution in [0.2, 0.25) is 0 Å². The third-order valence-corrected chi connectivity index (χ3v) is 17.9. The molecule has 4 aliphatic heterocycles. The van der Waals surface area contributed by atoms with Gasteiger partial charge < -0.3 is 53.2 Å². The normalized spacial score (nSPS) is 36.8. The number of methoxy groups -OCH3 is 3. The van der Waals surface area contributed by atoms with Gasteiger partial charge in [0.15, 0.2) is 5.78 Å². The number of esters is 1. The molecule has 1 aliphatic carbocycles. The summed E-state index contributed by atoms with van der Waals surface area (Å²) in [5.41, 5.74) is 1.27. The molecule has 0 radical (unpaired) electrons. The summed E-state index contributed by atoms with van der Waals surface area (Å²) in [5.74, 6) is -7.90. The molecular weight excluding hydrogens is 1020 g/mol. The number of ketones is 3. The second-order valence-electron chi connectivity index (χ2n) is 24.4. The highest BCUT2D eigenvalue weighted by atomic mass is 16.6. The van der Waals surface area contributed by atoms with Gasteiger partial charge in [-0.25, -0.2) is 4.79 Å². The Kier molecular flexibility index (Phi) is 27.9. The first-order valence-electron chi connectivity index (χ1n) is 30.3. The van der Waals surface area contributed by atoms with E-state index in [2.05, 4.69) is 23.6 Å². The molecule has 2 bridgehead atoms. The van der Waals surface area contributed by atoms with Crippen LogP contribution < -0.4 is 0 Å². The summed E-state index contributed by atoms with van der Waals surface area (Å²) >= 11 is 0. The lowest BCUT2D eigenvalue weighted by Crippen LogP contribution is -2.61. The third-order valence-electron chi connectivity index (χ3n) is 17.9. The minimum absolute atomic E-state index is 0.00467. The molecule has 3 saturated heterocycles. The quantitative estimate of drug-likeness (QED) is 0.0701. The van der Waals surface area contributed by atoms with Crippen LogP contribution in [0.3, 0.4) is 0 Å². The maximum Gasteiger partial charge on any atom is 0.329 e. The highest BCUT2D eigenvalue weighted by Gasteiger charge is 2.53. The summed E-state index contributed by atoms with van der Waals surface area (Å²) in [4.78, 5) is 78.3. The van der Waals surface area contributed by atoms with Gasteiger partial charge in [0.25, 0.3) is 11.7 Å². The van der Waals surface area contributed by atoms with E-state index in [0.717, 1.165) is 64.0 Å². The van der Waals surface area contributed by atoms with E-state index in [1.54, 1.807) is 41.1 Å². The Labute approximate surface area is 479 Å². The zero-order valence-corrected chi connectivity index (χ0v) is 50.8. The van der Waals surface area contributed by atoms with E-state index in [1.165, 1.54) is 12.0 Å². The summed E-state index contributed by atoms with van der Waals surface area (Å²) in [6.45, 7) is 24.0. The number of carbonyl (C=O) groups excluding carboxylic acids is 5. The fourth-order valence-electron chi connectivity index (χ4n) is 12.5. The minimum Gasteiger partial charge on any atom is -0.460 e. The van der Waals surface area contributed by atoms with Crippen molar-refractivity contribution in [2.45, 2.75) is 206 Å². The van der Waals surface area contributed by atoms with Crippen LogP contribution in [0.5, 0.6) is 0 Å². The van der Waals surface area contributed by atoms with Crippen LogP contribution in [0.15, 0.2) is 47.6 Å². The standard InChI is InChI=1S/C63H103N3O14/c1-41(2)65-30-28-64(29-31-65)26-18-32-77-53-25-23-49(38-56(53)75-11)37-45(6)55-40-52(67)44(5)36-47(8)58(69)59(76-12)57(68)46(7)35-42(3)19-14-13-15-20-43(4)54(78-34-33-74-10)39-50-24-22-48(9)63(73,80-50)60(70)61(71)66-27-17-16-21-51(66)62(72)79-55/h13-15,19-20,36,41-42,44-46,48-51,53-56,58-59,69,73H,16-18,21-35,37-40H2,1-12H3/b15-13+,19-14+,43-20+,47-36+/t42-,44-,45-,46-,48-,49+,50+,51?,53-,54?,55+,56-,58-,59+,63-/m1/s1. The number of piperidine rings is 1. The Morgan fingerprint density at radius 3 is 2.20 bits per heavy atom. The highest BCUT2D eigenvalue weighted by molar-refractivity contribution is 6.39. The number of cyclic esters (lactones) is 1. The van der Waals surface area contributed by atoms with Crippen LogP contribution in [-0.4, -0.2) is 195 Å². The van der Waals surface area contributed by atoms with Crippen LogP contribution in [0.4, 0.5) is 0 Å². The van der Waals surface area contributed by atoms with Crippen molar-refractivity contribution in [1.82, 2.24) is 14.7 Å². The lowest BCUT2D eigenvalue weighted by molar-refractivity contribution is -0.266. The molecule has 454 valence electrons. The Hall–Kier alpha value is -3.49. The van der Waals surface area contributed by atoms with E-state index < -0.39 is 77.8 Å². The number of amides is 1. The number of Topliss-reactive ketones (excluding diaryl/α,β-unsaturated/α-hetero) is 3. The van der Waals surface area contributed by atoms with Gasteiger partial charge in [-0.1, -0.05) is 71.1 Å². The zero-order valence-electron chi connectivity index (χ0n) is 50.8. The number of aliphatic hydroxyl groups excluding tert-OH is 1. The van der Waals surface area contributed by atoms with Crippen LogP contribution in [0, 0.1) is 35.5 Å². The van der Waals surface area contributed by atoms with E-state index in [9.17, 15) is 34.2 Å². The van der Waals surface area contributed by atoms with Gasteiger partial charge in [0, 0.05) is 104 Å². The SMILES string of the molecule is COCCOC1C[C@@H]2CC[C@@H](C)[C@@](O)(O2)C(=O)C(=O)N2CCCCC2C(=O)O[C@H]([C@H](C)C[C@@H]2CC[C@@H](OCCCN3CCN(C(C)C)CC3)[C@H](OC)C2)CC(=O)[C@H](C)/C=C(\C)[C@@H](O)[C@@H](OC)C(=O)[C@H](C)C[C@H](C)/C=C/C=C/C=C/1C. The van der Waals surface area contributed by atoms with Gasteiger partial charge in [0.2, 0.25) is 5.79 Å². The summed E-state index contributed by atoms with van der Waals surface area (Å²) < 4.78 is 42.4. The predicted molar refractivity (Wildman–Crippen MR) is 307 cm³/mol. The summed E-state index contributed by atoms with van der Waals surface area (Å²) in [6, 6.07) is -0.585. The fourth-order valence-corrected chi connectivity index (χ4v) is 12.5. The smallest absolute Gasteiger partial charge is 0.329 e. The van der Waals surface area contributed by atoms with Gasteiger partial charge in [0.1, 0.15) is 30.1 Å². The molecule has 1 saturated carbocycles. The van der Waals surface area contributed by atoms with Crippen LogP contribution in [-0.2, 0) is 57.1 Å². The maximum atomic E-state index is 14.7. The molecule has 1 amide bonds. The first-order valence-corrected chi connectivity index (χ1v) is 30.3. The molecule has 0 aromatic rings. The van der Waals surface area contributed by atoms with E-state index in [1.807, 2.05) is 58.1 Å². The summed E-state index contributed by atoms with van der Waals surface area (Å²) in [7, 11) is 4.70. The van der Waals surface area contributed by atoms with Crippen LogP contribution in [0.25, 0.3) is 0 Å². The highest BCUT2D eigenvalue weighted by Crippen LogP contribution is 2.38. The Morgan fingerprint density at radius 2 is 1.51 bits per heavy atom. The lowest BCUT2D eigenvalue weighted by Gasteiger charge is -2.43. The van der Waals surface area contributed by atoms with Crippen molar-refractivity contribution in [3.05, 3.63) is 47.6 Å². The number of rotatable bonds is 15. The predicted octanol–water partition coefficient (Wildman–Crippen LogP) is 7.64. The minimum atomic E-state index is -2.46. The van der Waals surface area contributed by atoms with Gasteiger partial charge >= 0.3 is 5.97 Å². The number of fused-ring (bicyclic) bond motifs is 3. The van der Waals surface area contributed by atoms with Gasteiger partial charge in [-0.2, -0.15) is 0 Å². The molecule has 17 nitrogen and oxygen atoms in total. The average molecular weight is 1130 g/mol. The van der Waals surface area contributed by atoms with Crippen molar-refractivity contribution in [1.29, 1.82) is 0 Å². The average Bonchev–Trinajstić information content (AvgIpc) is 3.46. The number of allylic oxidation sites excluding steroid dienone is 6. The van der Waals surface area contributed by atoms with Gasteiger partial charge in [0.05, 0.1) is 37.6 Å². The van der Waals surface area contributed by atoms with Crippen molar-refractivity contribution in [3.8, 4) is 0 Å². The van der Waals surface area contributed by atoms with E-state index in [4.69, 9.17) is 33.2 Å². The Balaban J connectivity index is 1.39. The Morgan fingerprint density at radius 1 is 0.775 bits per heavy atom. The first kappa shape index (κ1) is 67.3. The van der Waals surface area contributed by atoms with Crippen LogP contribution >= 0.6 is 0 Å². The number of hydrogen-bond donors (Lipinski definition) is 2. The largest absolute Gasteiger partial charge is 0.460 e. The molecule has 2 unspecified atom stereocenters. The van der Waals surface area contributed by atoms with Crippen molar-refractivity contribution in [2.75, 3.05) is 80.4 Å². The van der Waals surface area contributed by atoms with Crippen molar-refractivity contribution in [3.63, 3.8) is 0 Å². The Bertz CT molecular complexity index is 2100. The summed E-state index contributed by atoms with van der Waals surface area (Å²) in [5, 5.41) is 23.8. The molecular formula is C63H103N3O14. The van der Waals surface area contributed by atoms with E-state index >= 15 is 0 Å². The molecule has 2 N–H and O–H groups in total. The third kappa shape index (κ3) is 19.3. The number of hydrogen-bond acceptors (Lipinski definition) is 16. The van der Waals surface area contributed by atoms with Gasteiger partial charge in [-0.05, 0) is 127 Å². The molecule has 5 rings (SSSR count). The van der Waals surface area contributed by atoms with Crippen molar-refractivity contribution in [2.24, 2.45) is 35.5 Å². The second kappa shape index (κ2) is 33.1. The van der Waals surface area contributed by atoms with Crippen molar-refractivity contribution >= 4 is 29.2 Å². The molecule has 15 atom stereocenters. The molecule has 4 fully saturated rings. The lowest BCUT2D eigenvalue weighted by atomic mass is 9.78. The van der Waals surface area contributed by atoms with Gasteiger partial charge in [-0.3, -0.25) is 24.1 Å². The van der Waals surface area contributed by atoms with Gasteiger partial charge in [-0.15, -0.1) is 0 Å². The second-order valence-corrected chi connectivity index (χ2v) is 24.4. The molecule has 80 heavy (non-hydrogen) atoms. The zero-order chi connectivity index (χ0) is 58.7. The first-order chi connectivity index (χ1) is 38.1. The number of nitrogens with zero attached hydrogens (tertiary/aromatic N) is 3. The molecule has 0 aromatic carbocycles. The molecule has 5 aliphatic rings. The molecule has 4 heterocycles. The number of ether oxygens (including phenoxy) is 7. The number of piperazine rings is 1. The monoisotopic (exact) mass is 1130 g/mol. The molecule has 0 spiro atoms. The fraction of sp³-hybridized carbons (Fsp3) is 0.794. The van der Waals surface area contributed by atoms with Crippen molar-refractivity contribution < 1.29 is 67.3 Å². The maximum absolute atomic E-state index is 14.7. The number of aliphatic hydroxyl groups is 2. The summed E-state index contributed by atoms with van der Waals surface area (Å²) in [6.07, 6.45) is 13.4. The van der Waals surface area contributed by atoms with E-state index in [-0.39, 0.29) is 73.9 Å².